The van der Waals surface area contributed by atoms with Crippen LogP contribution in [0.4, 0.5) is 0 Å². The number of amides is 1. The van der Waals surface area contributed by atoms with Crippen LogP contribution in [0.5, 0.6) is 0 Å². The fourth-order valence-corrected chi connectivity index (χ4v) is 3.11. The number of H-pyrrole nitrogens is 1. The van der Waals surface area contributed by atoms with E-state index in [1.165, 1.54) is 0 Å². The Labute approximate surface area is 131 Å². The molecule has 1 aliphatic heterocycles. The molecule has 3 rings (SSSR count). The summed E-state index contributed by atoms with van der Waals surface area (Å²) in [7, 11) is 1.99. The quantitative estimate of drug-likeness (QED) is 0.911. The Hall–Kier alpha value is -2.07. The summed E-state index contributed by atoms with van der Waals surface area (Å²) in [5, 5.41) is 3.23. The van der Waals surface area contributed by atoms with Gasteiger partial charge in [-0.25, -0.2) is 0 Å². The van der Waals surface area contributed by atoms with Crippen LogP contribution in [0, 0.1) is 5.92 Å². The van der Waals surface area contributed by atoms with Gasteiger partial charge in [-0.15, -0.1) is 0 Å². The fraction of sp³-hybridized carbons (Fsp3) is 0.389. The van der Waals surface area contributed by atoms with Crippen molar-refractivity contribution in [2.45, 2.75) is 12.8 Å². The number of piperidine rings is 1. The molecule has 22 heavy (non-hydrogen) atoms. The first-order valence-electron chi connectivity index (χ1n) is 7.96. The lowest BCUT2D eigenvalue weighted by Crippen LogP contribution is -2.40. The summed E-state index contributed by atoms with van der Waals surface area (Å²) in [6.45, 7) is 2.75. The van der Waals surface area contributed by atoms with Gasteiger partial charge in [0.1, 0.15) is 5.69 Å². The maximum Gasteiger partial charge on any atom is 0.270 e. The van der Waals surface area contributed by atoms with Crippen LogP contribution < -0.4 is 5.32 Å². The number of nitrogens with one attached hydrogen (secondary N) is 2. The van der Waals surface area contributed by atoms with Gasteiger partial charge in [0.05, 0.1) is 0 Å². The molecule has 1 saturated heterocycles. The molecule has 2 N–H and O–H groups in total. The molecule has 0 spiro atoms. The van der Waals surface area contributed by atoms with Gasteiger partial charge in [0.2, 0.25) is 0 Å². The highest BCUT2D eigenvalue weighted by atomic mass is 16.2. The summed E-state index contributed by atoms with van der Waals surface area (Å²) in [4.78, 5) is 17.8. The van der Waals surface area contributed by atoms with E-state index in [9.17, 15) is 4.79 Å². The van der Waals surface area contributed by atoms with Gasteiger partial charge >= 0.3 is 0 Å². The highest BCUT2D eigenvalue weighted by Crippen LogP contribution is 2.21. The fourth-order valence-electron chi connectivity index (χ4n) is 3.11. The molecule has 0 aliphatic carbocycles. The summed E-state index contributed by atoms with van der Waals surface area (Å²) < 4.78 is 0. The minimum absolute atomic E-state index is 0.116. The first-order chi connectivity index (χ1) is 10.8. The predicted molar refractivity (Wildman–Crippen MR) is 88.8 cm³/mol. The normalized spacial score (nSPS) is 16.0. The number of nitrogens with zero attached hydrogens (tertiary/aromatic N) is 1. The van der Waals surface area contributed by atoms with Gasteiger partial charge in [0.15, 0.2) is 0 Å². The summed E-state index contributed by atoms with van der Waals surface area (Å²) in [6, 6.07) is 14.0. The van der Waals surface area contributed by atoms with Crippen molar-refractivity contribution in [3.05, 3.63) is 48.2 Å². The predicted octanol–water partition coefficient (Wildman–Crippen LogP) is 2.75. The molecule has 1 aromatic heterocycles. The van der Waals surface area contributed by atoms with Gasteiger partial charge in [0, 0.05) is 18.8 Å². The van der Waals surface area contributed by atoms with Gasteiger partial charge in [-0.05, 0) is 50.0 Å². The largest absolute Gasteiger partial charge is 0.351 e. The summed E-state index contributed by atoms with van der Waals surface area (Å²) in [6.07, 6.45) is 2.16. The highest BCUT2D eigenvalue weighted by molar-refractivity contribution is 5.93. The van der Waals surface area contributed by atoms with Crippen molar-refractivity contribution in [3.63, 3.8) is 0 Å². The van der Waals surface area contributed by atoms with E-state index in [1.807, 2.05) is 54.4 Å². The Kier molecular flexibility index (Phi) is 4.59. The molecule has 2 aromatic rings. The second kappa shape index (κ2) is 6.79. The smallest absolute Gasteiger partial charge is 0.270 e. The standard InChI is InChI=1S/C18H23N3O/c1-19-13-14-9-11-21(12-10-14)18(22)17-8-7-16(20-17)15-5-3-2-4-6-15/h2-8,14,19-20H,9-13H2,1H3. The summed E-state index contributed by atoms with van der Waals surface area (Å²) >= 11 is 0. The number of aromatic nitrogens is 1. The molecule has 1 fully saturated rings. The Morgan fingerprint density at radius 2 is 1.91 bits per heavy atom. The van der Waals surface area contributed by atoms with E-state index in [-0.39, 0.29) is 5.91 Å². The zero-order valence-electron chi connectivity index (χ0n) is 13.0. The zero-order chi connectivity index (χ0) is 15.4. The van der Waals surface area contributed by atoms with Crippen molar-refractivity contribution in [3.8, 4) is 11.3 Å². The third kappa shape index (κ3) is 3.22. The van der Waals surface area contributed by atoms with E-state index < -0.39 is 0 Å². The zero-order valence-corrected chi connectivity index (χ0v) is 13.0. The van der Waals surface area contributed by atoms with Crippen molar-refractivity contribution in [1.29, 1.82) is 0 Å². The van der Waals surface area contributed by atoms with Gasteiger partial charge in [0.25, 0.3) is 5.91 Å². The van der Waals surface area contributed by atoms with Crippen LogP contribution in [0.25, 0.3) is 11.3 Å². The maximum absolute atomic E-state index is 12.6. The number of hydrogen-bond donors (Lipinski definition) is 2. The van der Waals surface area contributed by atoms with Crippen LogP contribution in [0.15, 0.2) is 42.5 Å². The summed E-state index contributed by atoms with van der Waals surface area (Å²) in [5.74, 6) is 0.808. The molecule has 1 amide bonds. The van der Waals surface area contributed by atoms with Crippen molar-refractivity contribution in [2.24, 2.45) is 5.92 Å². The number of benzene rings is 1. The molecular formula is C18H23N3O. The topological polar surface area (TPSA) is 48.1 Å². The van der Waals surface area contributed by atoms with E-state index in [0.29, 0.717) is 11.6 Å². The minimum atomic E-state index is 0.116. The van der Waals surface area contributed by atoms with E-state index >= 15 is 0 Å². The average Bonchev–Trinajstić information content (AvgIpc) is 3.06. The molecule has 2 heterocycles. The molecule has 1 aliphatic rings. The molecular weight excluding hydrogens is 274 g/mol. The second-order valence-corrected chi connectivity index (χ2v) is 5.94. The molecule has 4 nitrogen and oxygen atoms in total. The monoisotopic (exact) mass is 297 g/mol. The van der Waals surface area contributed by atoms with E-state index in [0.717, 1.165) is 43.7 Å². The van der Waals surface area contributed by atoms with Crippen LogP contribution in [-0.4, -0.2) is 42.5 Å². The third-order valence-corrected chi connectivity index (χ3v) is 4.40. The lowest BCUT2D eigenvalue weighted by molar-refractivity contribution is 0.0686. The Balaban J connectivity index is 1.65. The molecule has 116 valence electrons. The first kappa shape index (κ1) is 14.9. The van der Waals surface area contributed by atoms with Gasteiger partial charge in [-0.1, -0.05) is 30.3 Å². The number of carbonyl (C=O) groups excluding carboxylic acids is 1. The SMILES string of the molecule is CNCC1CCN(C(=O)c2ccc(-c3ccccc3)[nH]2)CC1. The Morgan fingerprint density at radius 3 is 2.59 bits per heavy atom. The molecule has 0 bridgehead atoms. The lowest BCUT2D eigenvalue weighted by atomic mass is 9.97. The van der Waals surface area contributed by atoms with Gasteiger partial charge < -0.3 is 15.2 Å². The third-order valence-electron chi connectivity index (χ3n) is 4.40. The van der Waals surface area contributed by atoms with Crippen molar-refractivity contribution in [2.75, 3.05) is 26.7 Å². The van der Waals surface area contributed by atoms with E-state index in [1.54, 1.807) is 0 Å². The molecule has 0 atom stereocenters. The average molecular weight is 297 g/mol. The number of carbonyl (C=O) groups is 1. The number of aromatic amines is 1. The van der Waals surface area contributed by atoms with Crippen molar-refractivity contribution in [1.82, 2.24) is 15.2 Å². The maximum atomic E-state index is 12.6. The molecule has 0 unspecified atom stereocenters. The second-order valence-electron chi connectivity index (χ2n) is 5.94. The Morgan fingerprint density at radius 1 is 1.18 bits per heavy atom. The van der Waals surface area contributed by atoms with Crippen LogP contribution in [-0.2, 0) is 0 Å². The van der Waals surface area contributed by atoms with Crippen molar-refractivity contribution < 1.29 is 4.79 Å². The highest BCUT2D eigenvalue weighted by Gasteiger charge is 2.24. The van der Waals surface area contributed by atoms with Crippen molar-refractivity contribution >= 4 is 5.91 Å². The number of rotatable bonds is 4. The minimum Gasteiger partial charge on any atom is -0.351 e. The number of likely N-dealkylation sites (tertiary alicyclic amines) is 1. The van der Waals surface area contributed by atoms with Crippen LogP contribution >= 0.6 is 0 Å². The van der Waals surface area contributed by atoms with Crippen LogP contribution in [0.3, 0.4) is 0 Å². The molecule has 0 radical (unpaired) electrons. The van der Waals surface area contributed by atoms with Gasteiger partial charge in [-0.2, -0.15) is 0 Å². The molecule has 4 heteroatoms. The number of hydrogen-bond acceptors (Lipinski definition) is 2. The van der Waals surface area contributed by atoms with Gasteiger partial charge in [-0.3, -0.25) is 4.79 Å². The van der Waals surface area contributed by atoms with E-state index in [4.69, 9.17) is 0 Å². The summed E-state index contributed by atoms with van der Waals surface area (Å²) in [5.41, 5.74) is 2.79. The Bertz CT molecular complexity index is 612. The van der Waals surface area contributed by atoms with Crippen LogP contribution in [0.2, 0.25) is 0 Å². The van der Waals surface area contributed by atoms with Crippen LogP contribution in [0.1, 0.15) is 23.3 Å². The first-order valence-corrected chi connectivity index (χ1v) is 7.96. The lowest BCUT2D eigenvalue weighted by Gasteiger charge is -2.31. The molecule has 0 saturated carbocycles. The van der Waals surface area contributed by atoms with E-state index in [2.05, 4.69) is 10.3 Å². The molecule has 1 aromatic carbocycles.